The van der Waals surface area contributed by atoms with Crippen molar-refractivity contribution in [3.8, 4) is 0 Å². The third kappa shape index (κ3) is 1.78. The normalized spacial score (nSPS) is 10.2. The molecule has 0 aliphatic carbocycles. The monoisotopic (exact) mass is 173 g/mol. The van der Waals surface area contributed by atoms with Crippen molar-refractivity contribution in [1.29, 1.82) is 0 Å². The summed E-state index contributed by atoms with van der Waals surface area (Å²) in [5.41, 5.74) is 3.40. The predicted molar refractivity (Wildman–Crippen MR) is 50.5 cm³/mol. The molecule has 0 unspecified atom stereocenters. The Morgan fingerprint density at radius 2 is 2.00 bits per heavy atom. The van der Waals surface area contributed by atoms with E-state index in [2.05, 4.69) is 17.3 Å². The number of aryl methyl sites for hydroxylation is 1. The van der Waals surface area contributed by atoms with E-state index < -0.39 is 0 Å². The van der Waals surface area contributed by atoms with E-state index in [0.717, 1.165) is 17.7 Å². The number of aromatic nitrogens is 1. The summed E-state index contributed by atoms with van der Waals surface area (Å²) in [4.78, 5) is 0. The minimum Gasteiger partial charge on any atom is -0.364 e. The van der Waals surface area contributed by atoms with E-state index in [1.807, 2.05) is 25.1 Å². The molecule has 1 aromatic heterocycles. The van der Waals surface area contributed by atoms with Crippen molar-refractivity contribution >= 4 is 0 Å². The van der Waals surface area contributed by atoms with E-state index in [-0.39, 0.29) is 0 Å². The highest BCUT2D eigenvalue weighted by Gasteiger charge is 2.03. The Balaban J connectivity index is 2.20. The van der Waals surface area contributed by atoms with Crippen LogP contribution in [0.15, 0.2) is 41.1 Å². The zero-order valence-electron chi connectivity index (χ0n) is 7.53. The molecular weight excluding hydrogens is 162 g/mol. The second-order valence-corrected chi connectivity index (χ2v) is 3.11. The van der Waals surface area contributed by atoms with Crippen LogP contribution in [0, 0.1) is 6.92 Å². The van der Waals surface area contributed by atoms with Gasteiger partial charge >= 0.3 is 0 Å². The number of hydrogen-bond donors (Lipinski definition) is 0. The van der Waals surface area contributed by atoms with Gasteiger partial charge in [-0.2, -0.15) is 0 Å². The van der Waals surface area contributed by atoms with Crippen molar-refractivity contribution in [1.82, 2.24) is 5.16 Å². The summed E-state index contributed by atoms with van der Waals surface area (Å²) in [6.07, 6.45) is 2.53. The van der Waals surface area contributed by atoms with Gasteiger partial charge in [0.05, 0.1) is 5.69 Å². The summed E-state index contributed by atoms with van der Waals surface area (Å²) in [7, 11) is 0. The van der Waals surface area contributed by atoms with Gasteiger partial charge in [-0.05, 0) is 12.5 Å². The molecule has 2 nitrogen and oxygen atoms in total. The van der Waals surface area contributed by atoms with Gasteiger partial charge in [0.15, 0.2) is 0 Å². The largest absolute Gasteiger partial charge is 0.364 e. The van der Waals surface area contributed by atoms with Crippen LogP contribution >= 0.6 is 0 Å². The fraction of sp³-hybridized carbons (Fsp3) is 0.182. The van der Waals surface area contributed by atoms with E-state index in [1.165, 1.54) is 5.56 Å². The molecule has 0 saturated carbocycles. The molecule has 0 bridgehead atoms. The van der Waals surface area contributed by atoms with Crippen LogP contribution in [0.2, 0.25) is 0 Å². The van der Waals surface area contributed by atoms with E-state index in [0.29, 0.717) is 0 Å². The maximum Gasteiger partial charge on any atom is 0.127 e. The first kappa shape index (κ1) is 8.05. The molecule has 66 valence electrons. The molecule has 0 aliphatic heterocycles. The molecule has 0 amide bonds. The van der Waals surface area contributed by atoms with Gasteiger partial charge in [-0.3, -0.25) is 0 Å². The van der Waals surface area contributed by atoms with Crippen LogP contribution in [0.1, 0.15) is 16.8 Å². The first-order chi connectivity index (χ1) is 6.36. The van der Waals surface area contributed by atoms with Crippen molar-refractivity contribution < 1.29 is 4.52 Å². The number of benzene rings is 1. The zero-order chi connectivity index (χ0) is 9.10. The van der Waals surface area contributed by atoms with Gasteiger partial charge in [0.25, 0.3) is 0 Å². The fourth-order valence-corrected chi connectivity index (χ4v) is 1.27. The van der Waals surface area contributed by atoms with Gasteiger partial charge in [-0.15, -0.1) is 0 Å². The first-order valence-corrected chi connectivity index (χ1v) is 4.30. The Kier molecular flexibility index (Phi) is 2.13. The second-order valence-electron chi connectivity index (χ2n) is 3.11. The molecule has 0 saturated heterocycles. The Labute approximate surface area is 77.2 Å². The highest BCUT2D eigenvalue weighted by Crippen LogP contribution is 2.10. The Morgan fingerprint density at radius 3 is 2.62 bits per heavy atom. The zero-order valence-corrected chi connectivity index (χ0v) is 7.53. The van der Waals surface area contributed by atoms with Crippen molar-refractivity contribution in [2.45, 2.75) is 13.3 Å². The van der Waals surface area contributed by atoms with Gasteiger partial charge in [0, 0.05) is 12.0 Å². The number of hydrogen-bond acceptors (Lipinski definition) is 2. The molecule has 2 aromatic rings. The van der Waals surface area contributed by atoms with Crippen LogP contribution in [0.3, 0.4) is 0 Å². The molecule has 2 rings (SSSR count). The molecule has 13 heavy (non-hydrogen) atoms. The summed E-state index contributed by atoms with van der Waals surface area (Å²) < 4.78 is 4.87. The smallest absolute Gasteiger partial charge is 0.127 e. The molecule has 0 aliphatic rings. The van der Waals surface area contributed by atoms with Crippen LogP contribution in [0.4, 0.5) is 0 Å². The molecule has 0 N–H and O–H groups in total. The third-order valence-electron chi connectivity index (χ3n) is 2.06. The van der Waals surface area contributed by atoms with Crippen LogP contribution in [0.25, 0.3) is 0 Å². The van der Waals surface area contributed by atoms with Gasteiger partial charge in [0.2, 0.25) is 0 Å². The maximum atomic E-state index is 4.87. The lowest BCUT2D eigenvalue weighted by molar-refractivity contribution is 0.413. The lowest BCUT2D eigenvalue weighted by Gasteiger charge is -1.96. The topological polar surface area (TPSA) is 26.0 Å². The number of rotatable bonds is 2. The Morgan fingerprint density at radius 1 is 1.23 bits per heavy atom. The van der Waals surface area contributed by atoms with Crippen LogP contribution < -0.4 is 0 Å². The lowest BCUT2D eigenvalue weighted by atomic mass is 10.1. The molecule has 0 fully saturated rings. The lowest BCUT2D eigenvalue weighted by Crippen LogP contribution is -1.89. The van der Waals surface area contributed by atoms with E-state index >= 15 is 0 Å². The van der Waals surface area contributed by atoms with Gasteiger partial charge in [-0.25, -0.2) is 0 Å². The van der Waals surface area contributed by atoms with Crippen LogP contribution in [0.5, 0.6) is 0 Å². The molecule has 0 radical (unpaired) electrons. The van der Waals surface area contributed by atoms with Crippen molar-refractivity contribution in [3.05, 3.63) is 53.4 Å². The Bertz CT molecular complexity index is 378. The predicted octanol–water partition coefficient (Wildman–Crippen LogP) is 2.57. The fourth-order valence-electron chi connectivity index (χ4n) is 1.27. The average Bonchev–Trinajstić information content (AvgIpc) is 2.54. The molecule has 0 atom stereocenters. The Hall–Kier alpha value is -1.57. The summed E-state index contributed by atoms with van der Waals surface area (Å²) in [6.45, 7) is 2.01. The maximum absolute atomic E-state index is 4.87. The number of nitrogens with zero attached hydrogens (tertiary/aromatic N) is 1. The molecule has 1 heterocycles. The quantitative estimate of drug-likeness (QED) is 0.697. The van der Waals surface area contributed by atoms with E-state index in [1.54, 1.807) is 6.26 Å². The van der Waals surface area contributed by atoms with Crippen molar-refractivity contribution in [2.24, 2.45) is 0 Å². The summed E-state index contributed by atoms with van der Waals surface area (Å²) in [6, 6.07) is 10.3. The molecule has 2 heteroatoms. The van der Waals surface area contributed by atoms with E-state index in [4.69, 9.17) is 4.52 Å². The standard InChI is InChI=1S/C11H11NO/c1-9-8-13-12-11(9)7-10-5-3-2-4-6-10/h2-6,8H,7H2,1H3. The van der Waals surface area contributed by atoms with Crippen molar-refractivity contribution in [3.63, 3.8) is 0 Å². The van der Waals surface area contributed by atoms with Gasteiger partial charge < -0.3 is 4.52 Å². The summed E-state index contributed by atoms with van der Waals surface area (Å²) in [5.74, 6) is 0. The van der Waals surface area contributed by atoms with E-state index in [9.17, 15) is 0 Å². The van der Waals surface area contributed by atoms with Gasteiger partial charge in [-0.1, -0.05) is 35.5 Å². The third-order valence-corrected chi connectivity index (χ3v) is 2.06. The molecular formula is C11H11NO. The minimum atomic E-state index is 0.850. The average molecular weight is 173 g/mol. The van der Waals surface area contributed by atoms with Crippen LogP contribution in [-0.4, -0.2) is 5.16 Å². The molecule has 1 aromatic carbocycles. The highest BCUT2D eigenvalue weighted by molar-refractivity contribution is 5.24. The van der Waals surface area contributed by atoms with Crippen LogP contribution in [-0.2, 0) is 6.42 Å². The SMILES string of the molecule is Cc1conc1Cc1ccccc1. The van der Waals surface area contributed by atoms with Gasteiger partial charge in [0.1, 0.15) is 6.26 Å². The second kappa shape index (κ2) is 3.44. The summed E-state index contributed by atoms with van der Waals surface area (Å²) >= 11 is 0. The molecule has 0 spiro atoms. The summed E-state index contributed by atoms with van der Waals surface area (Å²) in [5, 5.41) is 3.94. The highest BCUT2D eigenvalue weighted by atomic mass is 16.5. The van der Waals surface area contributed by atoms with Crippen molar-refractivity contribution in [2.75, 3.05) is 0 Å². The first-order valence-electron chi connectivity index (χ1n) is 4.30. The minimum absolute atomic E-state index is 0.850.